The normalized spacial score (nSPS) is 10.6. The van der Waals surface area contributed by atoms with Gasteiger partial charge in [-0.05, 0) is 72.5 Å². The van der Waals surface area contributed by atoms with Crippen LogP contribution >= 0.6 is 0 Å². The molecule has 0 saturated carbocycles. The zero-order valence-electron chi connectivity index (χ0n) is 15.8. The first-order chi connectivity index (χ1) is 13.2. The summed E-state index contributed by atoms with van der Waals surface area (Å²) in [6.45, 7) is 4.32. The highest BCUT2D eigenvalue weighted by molar-refractivity contribution is 5.78. The van der Waals surface area contributed by atoms with Crippen molar-refractivity contribution in [2.75, 3.05) is 4.90 Å². The van der Waals surface area contributed by atoms with E-state index in [0.717, 1.165) is 11.4 Å². The molecule has 4 rings (SSSR count). The zero-order valence-corrected chi connectivity index (χ0v) is 15.8. The van der Waals surface area contributed by atoms with Crippen LogP contribution in [0.1, 0.15) is 11.1 Å². The fourth-order valence-corrected chi connectivity index (χ4v) is 3.32. The van der Waals surface area contributed by atoms with Crippen molar-refractivity contribution in [2.45, 2.75) is 13.8 Å². The van der Waals surface area contributed by atoms with Gasteiger partial charge in [-0.2, -0.15) is 0 Å². The van der Waals surface area contributed by atoms with E-state index >= 15 is 0 Å². The van der Waals surface area contributed by atoms with Crippen molar-refractivity contribution >= 4 is 17.1 Å². The van der Waals surface area contributed by atoms with Gasteiger partial charge in [0.05, 0.1) is 0 Å². The first-order valence-electron chi connectivity index (χ1n) is 9.30. The van der Waals surface area contributed by atoms with Gasteiger partial charge < -0.3 is 4.90 Å². The average Bonchev–Trinajstić information content (AvgIpc) is 2.73. The third-order valence-corrected chi connectivity index (χ3v) is 5.00. The van der Waals surface area contributed by atoms with E-state index in [1.54, 1.807) is 0 Å². The topological polar surface area (TPSA) is 3.24 Å². The Morgan fingerprint density at radius 3 is 1.59 bits per heavy atom. The molecule has 1 nitrogen and oxygen atoms in total. The fourth-order valence-electron chi connectivity index (χ4n) is 3.32. The lowest BCUT2D eigenvalue weighted by atomic mass is 10.0. The summed E-state index contributed by atoms with van der Waals surface area (Å²) in [6.07, 6.45) is 0. The van der Waals surface area contributed by atoms with Crippen LogP contribution in [0.3, 0.4) is 0 Å². The number of aryl methyl sites for hydroxylation is 2. The maximum absolute atomic E-state index is 2.31. The lowest BCUT2D eigenvalue weighted by Gasteiger charge is -2.26. The lowest BCUT2D eigenvalue weighted by Crippen LogP contribution is -2.10. The van der Waals surface area contributed by atoms with Crippen molar-refractivity contribution in [3.63, 3.8) is 0 Å². The van der Waals surface area contributed by atoms with Gasteiger partial charge in [0.1, 0.15) is 0 Å². The van der Waals surface area contributed by atoms with Crippen LogP contribution in [0.5, 0.6) is 0 Å². The van der Waals surface area contributed by atoms with Crippen LogP contribution in [0.15, 0.2) is 103 Å². The summed E-state index contributed by atoms with van der Waals surface area (Å²) in [5.74, 6) is 0. The molecule has 0 radical (unpaired) electrons. The molecule has 0 fully saturated rings. The number of nitrogens with zero attached hydrogens (tertiary/aromatic N) is 1. The van der Waals surface area contributed by atoms with Gasteiger partial charge >= 0.3 is 0 Å². The number of benzene rings is 4. The molecule has 27 heavy (non-hydrogen) atoms. The van der Waals surface area contributed by atoms with Gasteiger partial charge in [-0.1, -0.05) is 66.7 Å². The highest BCUT2D eigenvalue weighted by Gasteiger charge is 2.13. The Labute approximate surface area is 161 Å². The van der Waals surface area contributed by atoms with Crippen LogP contribution in [0.2, 0.25) is 0 Å². The standard InChI is InChI=1S/C26H23N/c1-20-13-16-26(19-21(20)2)27(24-11-7-4-8-12-24)25-17-14-23(15-18-25)22-9-5-3-6-10-22/h3-19H,1-2H3. The molecule has 4 aromatic rings. The number of rotatable bonds is 4. The Bertz CT molecular complexity index is 1020. The van der Waals surface area contributed by atoms with Crippen molar-refractivity contribution in [1.82, 2.24) is 0 Å². The van der Waals surface area contributed by atoms with Crippen LogP contribution in [0, 0.1) is 13.8 Å². The maximum Gasteiger partial charge on any atom is 0.0464 e. The molecule has 132 valence electrons. The molecule has 0 aliphatic carbocycles. The molecular weight excluding hydrogens is 326 g/mol. The molecule has 0 aliphatic rings. The molecule has 0 unspecified atom stereocenters. The molecular formula is C26H23N. The molecule has 0 N–H and O–H groups in total. The summed E-state index contributed by atoms with van der Waals surface area (Å²) in [7, 11) is 0. The third kappa shape index (κ3) is 3.63. The van der Waals surface area contributed by atoms with E-state index in [1.165, 1.54) is 27.9 Å². The highest BCUT2D eigenvalue weighted by atomic mass is 15.1. The maximum atomic E-state index is 2.31. The van der Waals surface area contributed by atoms with Crippen molar-refractivity contribution in [3.8, 4) is 11.1 Å². The largest absolute Gasteiger partial charge is 0.310 e. The van der Waals surface area contributed by atoms with Crippen LogP contribution in [-0.4, -0.2) is 0 Å². The average molecular weight is 349 g/mol. The third-order valence-electron chi connectivity index (χ3n) is 5.00. The molecule has 0 bridgehead atoms. The fraction of sp³-hybridized carbons (Fsp3) is 0.0769. The van der Waals surface area contributed by atoms with Crippen LogP contribution in [-0.2, 0) is 0 Å². The Kier molecular flexibility index (Phi) is 4.76. The van der Waals surface area contributed by atoms with Crippen molar-refractivity contribution in [1.29, 1.82) is 0 Å². The van der Waals surface area contributed by atoms with Crippen LogP contribution in [0.25, 0.3) is 11.1 Å². The second-order valence-corrected chi connectivity index (χ2v) is 6.85. The molecule has 1 heteroatoms. The molecule has 0 heterocycles. The molecule has 0 atom stereocenters. The summed E-state index contributed by atoms with van der Waals surface area (Å²) in [6, 6.07) is 36.5. The minimum absolute atomic E-state index is 1.16. The van der Waals surface area contributed by atoms with E-state index in [4.69, 9.17) is 0 Å². The van der Waals surface area contributed by atoms with Crippen LogP contribution < -0.4 is 4.90 Å². The van der Waals surface area contributed by atoms with Gasteiger partial charge in [0, 0.05) is 17.1 Å². The second kappa shape index (κ2) is 7.51. The molecule has 0 aliphatic heterocycles. The van der Waals surface area contributed by atoms with E-state index in [0.29, 0.717) is 0 Å². The SMILES string of the molecule is Cc1ccc(N(c2ccccc2)c2ccc(-c3ccccc3)cc2)cc1C. The summed E-state index contributed by atoms with van der Waals surface area (Å²) in [5.41, 5.74) is 8.57. The Morgan fingerprint density at radius 2 is 0.963 bits per heavy atom. The van der Waals surface area contributed by atoms with E-state index < -0.39 is 0 Å². The Morgan fingerprint density at radius 1 is 0.444 bits per heavy atom. The monoisotopic (exact) mass is 349 g/mol. The van der Waals surface area contributed by atoms with Crippen LogP contribution in [0.4, 0.5) is 17.1 Å². The number of para-hydroxylation sites is 1. The molecule has 4 aromatic carbocycles. The highest BCUT2D eigenvalue weighted by Crippen LogP contribution is 2.36. The van der Waals surface area contributed by atoms with E-state index in [-0.39, 0.29) is 0 Å². The predicted octanol–water partition coefficient (Wildman–Crippen LogP) is 7.44. The smallest absolute Gasteiger partial charge is 0.0464 e. The lowest BCUT2D eigenvalue weighted by molar-refractivity contribution is 1.25. The molecule has 0 amide bonds. The molecule has 0 aromatic heterocycles. The first-order valence-corrected chi connectivity index (χ1v) is 9.30. The summed E-state index contributed by atoms with van der Waals surface area (Å²) >= 11 is 0. The molecule has 0 saturated heterocycles. The van der Waals surface area contributed by atoms with Gasteiger partial charge in [0.15, 0.2) is 0 Å². The number of hydrogen-bond acceptors (Lipinski definition) is 1. The van der Waals surface area contributed by atoms with Crippen molar-refractivity contribution in [2.24, 2.45) is 0 Å². The second-order valence-electron chi connectivity index (χ2n) is 6.85. The number of hydrogen-bond donors (Lipinski definition) is 0. The summed E-state index contributed by atoms with van der Waals surface area (Å²) in [5, 5.41) is 0. The van der Waals surface area contributed by atoms with Crippen molar-refractivity contribution < 1.29 is 0 Å². The first kappa shape index (κ1) is 17.1. The Balaban J connectivity index is 1.78. The van der Waals surface area contributed by atoms with E-state index in [2.05, 4.69) is 122 Å². The molecule has 0 spiro atoms. The Hall–Kier alpha value is -3.32. The van der Waals surface area contributed by atoms with E-state index in [9.17, 15) is 0 Å². The van der Waals surface area contributed by atoms with Crippen molar-refractivity contribution in [3.05, 3.63) is 114 Å². The van der Waals surface area contributed by atoms with Gasteiger partial charge in [-0.15, -0.1) is 0 Å². The number of anilines is 3. The zero-order chi connectivity index (χ0) is 18.6. The summed E-state index contributed by atoms with van der Waals surface area (Å²) in [4.78, 5) is 2.31. The van der Waals surface area contributed by atoms with Gasteiger partial charge in [-0.25, -0.2) is 0 Å². The van der Waals surface area contributed by atoms with Gasteiger partial charge in [0.25, 0.3) is 0 Å². The predicted molar refractivity (Wildman–Crippen MR) is 116 cm³/mol. The van der Waals surface area contributed by atoms with E-state index in [1.807, 2.05) is 0 Å². The quantitative estimate of drug-likeness (QED) is 0.370. The van der Waals surface area contributed by atoms with Gasteiger partial charge in [0.2, 0.25) is 0 Å². The minimum atomic E-state index is 1.16. The summed E-state index contributed by atoms with van der Waals surface area (Å²) < 4.78 is 0. The van der Waals surface area contributed by atoms with Gasteiger partial charge in [-0.3, -0.25) is 0 Å². The minimum Gasteiger partial charge on any atom is -0.310 e.